The van der Waals surface area contributed by atoms with E-state index in [1.54, 1.807) is 0 Å². The van der Waals surface area contributed by atoms with Gasteiger partial charge in [0.1, 0.15) is 40.5 Å². The van der Waals surface area contributed by atoms with E-state index in [1.165, 1.54) is 21.7 Å². The minimum absolute atomic E-state index is 0.299. The van der Waals surface area contributed by atoms with Crippen LogP contribution in [0.5, 0.6) is 0 Å². The molecule has 5 nitrogen and oxygen atoms in total. The first-order valence-electron chi connectivity index (χ1n) is 19.8. The summed E-state index contributed by atoms with van der Waals surface area (Å²) in [5.41, 5.74) is 11.2. The molecule has 58 heavy (non-hydrogen) atoms. The van der Waals surface area contributed by atoms with Crippen LogP contribution in [0.1, 0.15) is 29.0 Å². The Kier molecular flexibility index (Phi) is 7.37. The highest BCUT2D eigenvalue weighted by Crippen LogP contribution is 2.45. The van der Waals surface area contributed by atoms with Gasteiger partial charge in [-0.05, 0) is 85.8 Å². The topological polar surface area (TPSA) is 62.7 Å². The second kappa shape index (κ2) is 13.1. The van der Waals surface area contributed by atoms with Gasteiger partial charge in [-0.25, -0.2) is 4.99 Å². The van der Waals surface area contributed by atoms with Gasteiger partial charge < -0.3 is 14.2 Å². The third-order valence-corrected chi connectivity index (χ3v) is 11.7. The fourth-order valence-corrected chi connectivity index (χ4v) is 8.96. The summed E-state index contributed by atoms with van der Waals surface area (Å²) in [6.45, 7) is 0. The number of hydrogen-bond acceptors (Lipinski definition) is 5. The van der Waals surface area contributed by atoms with Crippen molar-refractivity contribution in [3.8, 4) is 22.3 Å². The molecule has 0 radical (unpaired) electrons. The third-order valence-electron chi connectivity index (χ3n) is 11.7. The zero-order chi connectivity index (χ0) is 38.2. The van der Waals surface area contributed by atoms with Gasteiger partial charge in [-0.2, -0.15) is 0 Å². The minimum atomic E-state index is -0.312. The maximum atomic E-state index is 6.70. The van der Waals surface area contributed by atoms with Gasteiger partial charge in [0.25, 0.3) is 0 Å². The summed E-state index contributed by atoms with van der Waals surface area (Å²) in [6, 6.07) is 66.3. The lowest BCUT2D eigenvalue weighted by Gasteiger charge is -2.32. The Bertz CT molecular complexity index is 3410. The van der Waals surface area contributed by atoms with E-state index in [9.17, 15) is 0 Å². The van der Waals surface area contributed by atoms with E-state index in [2.05, 4.69) is 193 Å². The van der Waals surface area contributed by atoms with Crippen LogP contribution in [0, 0.1) is 0 Å². The smallest absolute Gasteiger partial charge is 0.136 e. The molecule has 5 heteroatoms. The number of nitrogens with one attached hydrogen (secondary N) is 2. The number of hydrogen-bond donors (Lipinski definition) is 2. The van der Waals surface area contributed by atoms with Crippen molar-refractivity contribution < 1.29 is 8.83 Å². The van der Waals surface area contributed by atoms with Crippen LogP contribution >= 0.6 is 0 Å². The molecule has 0 fully saturated rings. The molecule has 0 bridgehead atoms. The SMILES string of the molecule is c1ccc(-c2ccc(C3=NC(c4ccc5ccccc5c4)NC(c4cccc5oc6cccc(-c7cccc8oc9cc%10ccccc%10cc9c78)c6c45)N3)cc2)cc1. The first-order chi connectivity index (χ1) is 28.7. The summed E-state index contributed by atoms with van der Waals surface area (Å²) in [4.78, 5) is 5.34. The van der Waals surface area contributed by atoms with Crippen LogP contribution in [0.15, 0.2) is 202 Å². The van der Waals surface area contributed by atoms with Crippen LogP contribution in [0.3, 0.4) is 0 Å². The average molecular weight is 746 g/mol. The monoisotopic (exact) mass is 745 g/mol. The second-order valence-corrected chi connectivity index (χ2v) is 15.2. The molecular weight excluding hydrogens is 711 g/mol. The van der Waals surface area contributed by atoms with Crippen LogP contribution in [-0.4, -0.2) is 5.84 Å². The van der Waals surface area contributed by atoms with Crippen LogP contribution in [0.2, 0.25) is 0 Å². The van der Waals surface area contributed by atoms with Crippen LogP contribution in [0.25, 0.3) is 87.7 Å². The van der Waals surface area contributed by atoms with Crippen LogP contribution in [0.4, 0.5) is 0 Å². The number of nitrogens with zero attached hydrogens (tertiary/aromatic N) is 1. The van der Waals surface area contributed by atoms with Gasteiger partial charge in [-0.3, -0.25) is 5.32 Å². The van der Waals surface area contributed by atoms with E-state index < -0.39 is 0 Å². The molecule has 0 saturated heterocycles. The zero-order valence-electron chi connectivity index (χ0n) is 31.3. The van der Waals surface area contributed by atoms with Crippen molar-refractivity contribution in [3.63, 3.8) is 0 Å². The van der Waals surface area contributed by atoms with E-state index in [0.717, 1.165) is 88.5 Å². The quantitative estimate of drug-likeness (QED) is 0.184. The van der Waals surface area contributed by atoms with Crippen molar-refractivity contribution >= 4 is 71.3 Å². The second-order valence-electron chi connectivity index (χ2n) is 15.2. The van der Waals surface area contributed by atoms with Crippen LogP contribution < -0.4 is 10.6 Å². The highest BCUT2D eigenvalue weighted by atomic mass is 16.3. The molecule has 0 aliphatic carbocycles. The molecule has 9 aromatic carbocycles. The van der Waals surface area contributed by atoms with E-state index in [1.807, 2.05) is 6.07 Å². The zero-order valence-corrected chi connectivity index (χ0v) is 31.3. The minimum Gasteiger partial charge on any atom is -0.456 e. The van der Waals surface area contributed by atoms with E-state index >= 15 is 0 Å². The first kappa shape index (κ1) is 32.7. The number of benzene rings is 9. The van der Waals surface area contributed by atoms with Gasteiger partial charge in [-0.15, -0.1) is 0 Å². The number of aliphatic imine (C=N–C) groups is 1. The summed E-state index contributed by atoms with van der Waals surface area (Å²) < 4.78 is 13.2. The molecule has 2 aromatic heterocycles. The Balaban J connectivity index is 1.03. The Morgan fingerprint density at radius 3 is 1.78 bits per heavy atom. The van der Waals surface area contributed by atoms with E-state index in [4.69, 9.17) is 13.8 Å². The number of furan rings is 2. The summed E-state index contributed by atoms with van der Waals surface area (Å²) >= 11 is 0. The number of rotatable bonds is 5. The molecule has 2 atom stereocenters. The van der Waals surface area contributed by atoms with E-state index in [-0.39, 0.29) is 12.3 Å². The first-order valence-corrected chi connectivity index (χ1v) is 19.8. The molecule has 274 valence electrons. The maximum absolute atomic E-state index is 6.70. The lowest BCUT2D eigenvalue weighted by molar-refractivity contribution is 0.411. The van der Waals surface area contributed by atoms with Crippen molar-refractivity contribution in [1.29, 1.82) is 0 Å². The lowest BCUT2D eigenvalue weighted by Crippen LogP contribution is -2.45. The fourth-order valence-electron chi connectivity index (χ4n) is 8.96. The van der Waals surface area contributed by atoms with Crippen molar-refractivity contribution in [2.24, 2.45) is 4.99 Å². The van der Waals surface area contributed by atoms with Gasteiger partial charge in [0, 0.05) is 32.7 Å². The highest BCUT2D eigenvalue weighted by Gasteiger charge is 2.29. The molecular formula is C53H35N3O2. The molecule has 1 aliphatic rings. The third kappa shape index (κ3) is 5.32. The molecule has 0 saturated carbocycles. The highest BCUT2D eigenvalue weighted by molar-refractivity contribution is 6.21. The molecule has 0 amide bonds. The molecule has 1 aliphatic heterocycles. The molecule has 11 aromatic rings. The van der Waals surface area contributed by atoms with Crippen LogP contribution in [-0.2, 0) is 0 Å². The predicted octanol–water partition coefficient (Wildman–Crippen LogP) is 13.5. The average Bonchev–Trinajstić information content (AvgIpc) is 3.86. The number of fused-ring (bicyclic) bond motifs is 8. The summed E-state index contributed by atoms with van der Waals surface area (Å²) in [7, 11) is 0. The van der Waals surface area contributed by atoms with E-state index in [0.29, 0.717) is 0 Å². The predicted molar refractivity (Wildman–Crippen MR) is 238 cm³/mol. The Morgan fingerprint density at radius 2 is 1.00 bits per heavy atom. The van der Waals surface area contributed by atoms with Crippen molar-refractivity contribution in [1.82, 2.24) is 10.6 Å². The lowest BCUT2D eigenvalue weighted by atomic mass is 9.93. The van der Waals surface area contributed by atoms with Gasteiger partial charge >= 0.3 is 0 Å². The summed E-state index contributed by atoms with van der Waals surface area (Å²) in [6.07, 6.45) is -0.611. The Morgan fingerprint density at radius 1 is 0.414 bits per heavy atom. The van der Waals surface area contributed by atoms with Gasteiger partial charge in [-0.1, -0.05) is 152 Å². The van der Waals surface area contributed by atoms with Gasteiger partial charge in [0.2, 0.25) is 0 Å². The maximum Gasteiger partial charge on any atom is 0.136 e. The molecule has 3 heterocycles. The Hall–Kier alpha value is -7.47. The largest absolute Gasteiger partial charge is 0.456 e. The normalized spacial score (nSPS) is 15.8. The fraction of sp³-hybridized carbons (Fsp3) is 0.0377. The molecule has 2 N–H and O–H groups in total. The standard InChI is InChI=1S/C53H35N3O2/c1-2-11-32(12-3-1)34-23-26-35(27-24-34)51-54-52(39-28-25-33-13-4-5-14-36(33)29-39)56-53(55-51)42-19-10-22-46-50(42)49-41(18-9-21-45(49)57-46)40-17-8-20-44-48(40)43-30-37-15-6-7-16-38(37)31-47(43)58-44/h1-31,52-53,56H,(H,54,55). The molecule has 12 rings (SSSR count). The van der Waals surface area contributed by atoms with Crippen molar-refractivity contribution in [3.05, 3.63) is 205 Å². The molecule has 2 unspecified atom stereocenters. The number of amidine groups is 1. The summed E-state index contributed by atoms with van der Waals surface area (Å²) in [5.74, 6) is 0.827. The Labute approximate surface area is 333 Å². The molecule has 0 spiro atoms. The van der Waals surface area contributed by atoms with Gasteiger partial charge in [0.15, 0.2) is 0 Å². The van der Waals surface area contributed by atoms with Crippen molar-refractivity contribution in [2.75, 3.05) is 0 Å². The van der Waals surface area contributed by atoms with Crippen molar-refractivity contribution in [2.45, 2.75) is 12.3 Å². The van der Waals surface area contributed by atoms with Gasteiger partial charge in [0.05, 0.1) is 0 Å². The summed E-state index contributed by atoms with van der Waals surface area (Å²) in [5, 5.41) is 16.8.